The molecule has 3 aromatic rings. The van der Waals surface area contributed by atoms with E-state index in [0.29, 0.717) is 22.2 Å². The Morgan fingerprint density at radius 1 is 1.14 bits per heavy atom. The van der Waals surface area contributed by atoms with Crippen LogP contribution in [0.4, 0.5) is 0 Å². The molecule has 2 aromatic carbocycles. The number of carbonyl (C=O) groups is 2. The van der Waals surface area contributed by atoms with Crippen LogP contribution in [0.1, 0.15) is 28.9 Å². The molecule has 0 amide bonds. The number of carbonyl (C=O) groups excluding carboxylic acids is 1. The third-order valence-corrected chi connectivity index (χ3v) is 4.33. The van der Waals surface area contributed by atoms with E-state index in [9.17, 15) is 20.0 Å². The van der Waals surface area contributed by atoms with Gasteiger partial charge in [-0.05, 0) is 17.7 Å². The number of aliphatic carboxylic acids is 1. The number of rotatable bonds is 6. The predicted octanol–water partition coefficient (Wildman–Crippen LogP) is 3.54. The quantitative estimate of drug-likeness (QED) is 0.631. The smallest absolute Gasteiger partial charge is 0.303 e. The second kappa shape index (κ2) is 7.76. The number of benzene rings is 2. The van der Waals surface area contributed by atoms with Crippen LogP contribution in [0.3, 0.4) is 0 Å². The molecule has 0 unspecified atom stereocenters. The van der Waals surface area contributed by atoms with Crippen molar-refractivity contribution in [2.24, 2.45) is 0 Å². The summed E-state index contributed by atoms with van der Waals surface area (Å²) in [7, 11) is 1.56. The maximum atomic E-state index is 12.4. The number of nitrogens with zero attached hydrogens (tertiary/aromatic N) is 2. The highest BCUT2D eigenvalue weighted by atomic mass is 16.5. The zero-order valence-electron chi connectivity index (χ0n) is 15.0. The van der Waals surface area contributed by atoms with Crippen LogP contribution in [-0.4, -0.2) is 34.1 Å². The highest BCUT2D eigenvalue weighted by molar-refractivity contribution is 6.05. The molecule has 7 heteroatoms. The number of ether oxygens (including phenoxy) is 1. The molecule has 1 aromatic heterocycles. The number of carboxylic acids is 1. The summed E-state index contributed by atoms with van der Waals surface area (Å²) < 4.78 is 5.16. The van der Waals surface area contributed by atoms with E-state index in [1.54, 1.807) is 37.4 Å². The van der Waals surface area contributed by atoms with Crippen LogP contribution in [-0.2, 0) is 4.79 Å². The average molecular weight is 376 g/mol. The zero-order chi connectivity index (χ0) is 20.3. The molecule has 0 saturated heterocycles. The van der Waals surface area contributed by atoms with Gasteiger partial charge in [-0.2, -0.15) is 5.26 Å². The number of Topliss-reactive ketones (excluding diaryl/α,β-unsaturated/α-hetero) is 1. The number of ketones is 1. The Kier molecular flexibility index (Phi) is 5.23. The normalized spacial score (nSPS) is 10.4. The summed E-state index contributed by atoms with van der Waals surface area (Å²) in [5.74, 6) is -1.62. The van der Waals surface area contributed by atoms with Crippen molar-refractivity contribution >= 4 is 22.7 Å². The van der Waals surface area contributed by atoms with Gasteiger partial charge in [-0.15, -0.1) is 0 Å². The Labute approximate surface area is 160 Å². The van der Waals surface area contributed by atoms with E-state index in [1.807, 2.05) is 18.2 Å². The fourth-order valence-corrected chi connectivity index (χ4v) is 2.93. The number of para-hydroxylation sites is 1. The van der Waals surface area contributed by atoms with Gasteiger partial charge in [0, 0.05) is 17.4 Å². The van der Waals surface area contributed by atoms with Crippen molar-refractivity contribution in [1.82, 2.24) is 4.98 Å². The molecule has 2 N–H and O–H groups in total. The Morgan fingerprint density at radius 2 is 1.86 bits per heavy atom. The minimum absolute atomic E-state index is 0.0703. The maximum absolute atomic E-state index is 12.4. The maximum Gasteiger partial charge on any atom is 0.303 e. The molecule has 0 bridgehead atoms. The number of hydrogen-bond acceptors (Lipinski definition) is 6. The largest absolute Gasteiger partial charge is 0.504 e. The van der Waals surface area contributed by atoms with Gasteiger partial charge in [-0.1, -0.05) is 30.3 Å². The van der Waals surface area contributed by atoms with Crippen LogP contribution < -0.4 is 4.74 Å². The summed E-state index contributed by atoms with van der Waals surface area (Å²) in [6.45, 7) is 0. The van der Waals surface area contributed by atoms with Gasteiger partial charge in [-0.25, -0.2) is 4.98 Å². The highest BCUT2D eigenvalue weighted by Crippen LogP contribution is 2.35. The molecule has 0 spiro atoms. The molecule has 0 fully saturated rings. The third-order valence-electron chi connectivity index (χ3n) is 4.33. The first-order valence-electron chi connectivity index (χ1n) is 8.41. The molecule has 0 radical (unpaired) electrons. The molecule has 0 aliphatic heterocycles. The van der Waals surface area contributed by atoms with E-state index in [2.05, 4.69) is 4.98 Å². The van der Waals surface area contributed by atoms with Gasteiger partial charge >= 0.3 is 5.97 Å². The number of pyridine rings is 1. The molecule has 0 saturated carbocycles. The van der Waals surface area contributed by atoms with E-state index in [4.69, 9.17) is 9.84 Å². The molecule has 0 aliphatic rings. The van der Waals surface area contributed by atoms with Crippen molar-refractivity contribution in [3.05, 3.63) is 53.7 Å². The van der Waals surface area contributed by atoms with Crippen molar-refractivity contribution < 1.29 is 24.5 Å². The van der Waals surface area contributed by atoms with Gasteiger partial charge in [-0.3, -0.25) is 9.59 Å². The number of nitriles is 1. The minimum atomic E-state index is -1.13. The second-order valence-corrected chi connectivity index (χ2v) is 6.04. The summed E-state index contributed by atoms with van der Waals surface area (Å²) >= 11 is 0. The molecule has 0 aliphatic carbocycles. The van der Waals surface area contributed by atoms with Crippen LogP contribution in [0.25, 0.3) is 22.0 Å². The number of carboxylic acid groups (broad SMARTS) is 1. The molecular weight excluding hydrogens is 360 g/mol. The van der Waals surface area contributed by atoms with E-state index in [0.717, 1.165) is 5.56 Å². The van der Waals surface area contributed by atoms with E-state index in [1.165, 1.54) is 0 Å². The predicted molar refractivity (Wildman–Crippen MR) is 101 cm³/mol. The topological polar surface area (TPSA) is 121 Å². The highest BCUT2D eigenvalue weighted by Gasteiger charge is 2.22. The van der Waals surface area contributed by atoms with Crippen LogP contribution in [0, 0.1) is 11.3 Å². The molecule has 3 rings (SSSR count). The zero-order valence-corrected chi connectivity index (χ0v) is 15.0. The van der Waals surface area contributed by atoms with Gasteiger partial charge in [0.15, 0.2) is 11.5 Å². The Hall–Kier alpha value is -3.92. The SMILES string of the molecule is COc1ccc(-c2cccc3c(C#N)c(O)c(C(=O)CCC(=O)O)nc23)cc1. The van der Waals surface area contributed by atoms with Gasteiger partial charge < -0.3 is 14.9 Å². The lowest BCUT2D eigenvalue weighted by Crippen LogP contribution is -2.08. The monoisotopic (exact) mass is 376 g/mol. The fraction of sp³-hybridized carbons (Fsp3) is 0.143. The average Bonchev–Trinajstić information content (AvgIpc) is 2.71. The van der Waals surface area contributed by atoms with Crippen molar-refractivity contribution in [1.29, 1.82) is 5.26 Å². The molecule has 0 atom stereocenters. The van der Waals surface area contributed by atoms with Crippen LogP contribution in [0.5, 0.6) is 11.5 Å². The van der Waals surface area contributed by atoms with E-state index in [-0.39, 0.29) is 24.1 Å². The van der Waals surface area contributed by atoms with Gasteiger partial charge in [0.1, 0.15) is 23.1 Å². The lowest BCUT2D eigenvalue weighted by molar-refractivity contribution is -0.136. The standard InChI is InChI=1S/C21H16N2O5/c1-28-13-7-5-12(6-8-13)14-3-2-4-15-16(11-22)21(27)20(23-19(14)15)17(24)9-10-18(25)26/h2-8,27H,9-10H2,1H3,(H,25,26). The molecule has 7 nitrogen and oxygen atoms in total. The second-order valence-electron chi connectivity index (χ2n) is 6.04. The van der Waals surface area contributed by atoms with Crippen LogP contribution >= 0.6 is 0 Å². The van der Waals surface area contributed by atoms with Crippen molar-refractivity contribution in [2.45, 2.75) is 12.8 Å². The van der Waals surface area contributed by atoms with Gasteiger partial charge in [0.2, 0.25) is 0 Å². The fourth-order valence-electron chi connectivity index (χ4n) is 2.93. The summed E-state index contributed by atoms with van der Waals surface area (Å²) in [6, 6.07) is 14.3. The first kappa shape index (κ1) is 18.9. The van der Waals surface area contributed by atoms with Crippen molar-refractivity contribution in [3.8, 4) is 28.7 Å². The Balaban J connectivity index is 2.21. The summed E-state index contributed by atoms with van der Waals surface area (Å²) in [5, 5.41) is 29.1. The van der Waals surface area contributed by atoms with Gasteiger partial charge in [0.05, 0.1) is 19.0 Å². The summed E-state index contributed by atoms with van der Waals surface area (Å²) in [5.41, 5.74) is 1.47. The summed E-state index contributed by atoms with van der Waals surface area (Å²) in [6.07, 6.45) is -0.711. The van der Waals surface area contributed by atoms with E-state index < -0.39 is 17.5 Å². The number of hydrogen-bond donors (Lipinski definition) is 2. The number of aromatic hydroxyl groups is 1. The van der Waals surface area contributed by atoms with Crippen LogP contribution in [0.2, 0.25) is 0 Å². The number of aromatic nitrogens is 1. The lowest BCUT2D eigenvalue weighted by Gasteiger charge is -2.12. The van der Waals surface area contributed by atoms with E-state index >= 15 is 0 Å². The van der Waals surface area contributed by atoms with Gasteiger partial charge in [0.25, 0.3) is 0 Å². The molecular formula is C21H16N2O5. The van der Waals surface area contributed by atoms with Crippen LogP contribution in [0.15, 0.2) is 42.5 Å². The molecule has 140 valence electrons. The third kappa shape index (κ3) is 3.48. The number of fused-ring (bicyclic) bond motifs is 1. The van der Waals surface area contributed by atoms with Crippen molar-refractivity contribution in [3.63, 3.8) is 0 Å². The summed E-state index contributed by atoms with van der Waals surface area (Å²) in [4.78, 5) is 27.5. The molecule has 28 heavy (non-hydrogen) atoms. The lowest BCUT2D eigenvalue weighted by atomic mass is 9.97. The Morgan fingerprint density at radius 3 is 2.46 bits per heavy atom. The first-order chi connectivity index (χ1) is 13.5. The molecule has 1 heterocycles. The Bertz CT molecular complexity index is 1110. The first-order valence-corrected chi connectivity index (χ1v) is 8.41. The minimum Gasteiger partial charge on any atom is -0.504 e. The number of methoxy groups -OCH3 is 1. The van der Waals surface area contributed by atoms with Crippen molar-refractivity contribution in [2.75, 3.05) is 7.11 Å².